The monoisotopic (exact) mass is 468 g/mol. The number of para-hydroxylation sites is 2. The molecule has 0 saturated heterocycles. The molecule has 2 N–H and O–H groups in total. The van der Waals surface area contributed by atoms with Crippen LogP contribution in [0, 0.1) is 11.6 Å². The Kier molecular flexibility index (Phi) is 5.09. The average Bonchev–Trinajstić information content (AvgIpc) is 3.20. The number of guanidine groups is 1. The number of hydrogen-bond acceptors (Lipinski definition) is 5. The van der Waals surface area contributed by atoms with E-state index in [-0.39, 0.29) is 40.1 Å². The van der Waals surface area contributed by atoms with E-state index >= 15 is 0 Å². The second-order valence-electron chi connectivity index (χ2n) is 7.55. The van der Waals surface area contributed by atoms with Crippen molar-refractivity contribution >= 4 is 32.8 Å². The van der Waals surface area contributed by atoms with Gasteiger partial charge in [-0.2, -0.15) is 0 Å². The van der Waals surface area contributed by atoms with Crippen molar-refractivity contribution in [1.82, 2.24) is 9.71 Å². The van der Waals surface area contributed by atoms with E-state index < -0.39 is 27.6 Å². The fourth-order valence-corrected chi connectivity index (χ4v) is 5.02. The molecule has 7 nitrogen and oxygen atoms in total. The summed E-state index contributed by atoms with van der Waals surface area (Å²) < 4.78 is 63.0. The van der Waals surface area contributed by atoms with Gasteiger partial charge in [-0.05, 0) is 35.9 Å². The lowest BCUT2D eigenvalue weighted by Crippen LogP contribution is -2.41. The number of halogens is 2. The molecule has 0 spiro atoms. The number of aromatic nitrogens is 1. The third kappa shape index (κ3) is 3.82. The maximum atomic E-state index is 15.0. The van der Waals surface area contributed by atoms with Gasteiger partial charge < -0.3 is 9.73 Å². The molecule has 3 aromatic carbocycles. The van der Waals surface area contributed by atoms with Gasteiger partial charge in [-0.25, -0.2) is 31.9 Å². The molecule has 0 fully saturated rings. The summed E-state index contributed by atoms with van der Waals surface area (Å²) in [4.78, 5) is 8.38. The Morgan fingerprint density at radius 3 is 2.58 bits per heavy atom. The van der Waals surface area contributed by atoms with Crippen LogP contribution in [0.5, 0.6) is 0 Å². The molecule has 1 aromatic heterocycles. The molecule has 4 aromatic rings. The number of aliphatic imine (C=N–C) groups is 1. The molecule has 33 heavy (non-hydrogen) atoms. The molecule has 0 radical (unpaired) electrons. The van der Waals surface area contributed by atoms with Gasteiger partial charge in [-0.15, -0.1) is 0 Å². The first-order valence-electron chi connectivity index (χ1n) is 10.1. The van der Waals surface area contributed by atoms with Crippen LogP contribution < -0.4 is 10.0 Å². The van der Waals surface area contributed by atoms with E-state index in [2.05, 4.69) is 20.0 Å². The lowest BCUT2D eigenvalue weighted by molar-refractivity contribution is 0.533. The molecule has 0 saturated carbocycles. The van der Waals surface area contributed by atoms with Crippen molar-refractivity contribution in [2.75, 3.05) is 5.32 Å². The van der Waals surface area contributed by atoms with E-state index in [1.54, 1.807) is 25.1 Å². The Morgan fingerprint density at radius 1 is 1.03 bits per heavy atom. The molecule has 10 heteroatoms. The van der Waals surface area contributed by atoms with Crippen molar-refractivity contribution in [3.63, 3.8) is 0 Å². The minimum Gasteiger partial charge on any atom is -0.439 e. The Labute approximate surface area is 188 Å². The van der Waals surface area contributed by atoms with E-state index in [0.717, 1.165) is 12.1 Å². The Bertz CT molecular complexity index is 1480. The summed E-state index contributed by atoms with van der Waals surface area (Å²) in [5.41, 5.74) is 1.52. The van der Waals surface area contributed by atoms with Crippen molar-refractivity contribution in [2.45, 2.75) is 24.3 Å². The minimum atomic E-state index is -4.04. The average molecular weight is 468 g/mol. The molecule has 0 aliphatic carbocycles. The smallest absolute Gasteiger partial charge is 0.266 e. The van der Waals surface area contributed by atoms with Crippen molar-refractivity contribution in [3.8, 4) is 0 Å². The third-order valence-corrected chi connectivity index (χ3v) is 6.81. The van der Waals surface area contributed by atoms with Crippen LogP contribution in [0.2, 0.25) is 0 Å². The minimum absolute atomic E-state index is 0.0146. The van der Waals surface area contributed by atoms with Gasteiger partial charge in [0.15, 0.2) is 5.58 Å². The molecule has 0 amide bonds. The summed E-state index contributed by atoms with van der Waals surface area (Å²) in [5.74, 6) is -1.76. The molecule has 2 heterocycles. The SMILES string of the molecule is C[C@H](c1ccccc1F)c1c(F)ccc2c1NC(=NCc1nc3ccccc3o1)NS2(=O)=O. The summed E-state index contributed by atoms with van der Waals surface area (Å²) in [6.45, 7) is 1.56. The van der Waals surface area contributed by atoms with Gasteiger partial charge in [0.25, 0.3) is 10.0 Å². The highest BCUT2D eigenvalue weighted by Crippen LogP contribution is 2.38. The van der Waals surface area contributed by atoms with Crippen LogP contribution in [0.15, 0.2) is 75.0 Å². The van der Waals surface area contributed by atoms with Gasteiger partial charge in [0, 0.05) is 11.5 Å². The second kappa shape index (κ2) is 7.96. The van der Waals surface area contributed by atoms with E-state index in [1.807, 2.05) is 12.1 Å². The zero-order chi connectivity index (χ0) is 23.2. The lowest BCUT2D eigenvalue weighted by atomic mass is 9.91. The fraction of sp³-hybridized carbons (Fsp3) is 0.130. The topological polar surface area (TPSA) is 96.6 Å². The molecule has 1 aliphatic rings. The molecule has 168 valence electrons. The first-order chi connectivity index (χ1) is 15.8. The quantitative estimate of drug-likeness (QED) is 0.459. The van der Waals surface area contributed by atoms with Crippen LogP contribution >= 0.6 is 0 Å². The summed E-state index contributed by atoms with van der Waals surface area (Å²) >= 11 is 0. The number of nitrogens with zero attached hydrogens (tertiary/aromatic N) is 2. The number of anilines is 1. The summed E-state index contributed by atoms with van der Waals surface area (Å²) in [7, 11) is -4.04. The van der Waals surface area contributed by atoms with Gasteiger partial charge >= 0.3 is 0 Å². The summed E-state index contributed by atoms with van der Waals surface area (Å²) in [6.07, 6.45) is 0. The Hall–Kier alpha value is -3.79. The number of rotatable bonds is 4. The molecule has 1 aliphatic heterocycles. The number of sulfonamides is 1. The predicted octanol–water partition coefficient (Wildman–Crippen LogP) is 4.52. The van der Waals surface area contributed by atoms with E-state index in [1.165, 1.54) is 18.2 Å². The zero-order valence-corrected chi connectivity index (χ0v) is 18.2. The van der Waals surface area contributed by atoms with Gasteiger partial charge in [-0.1, -0.05) is 37.3 Å². The van der Waals surface area contributed by atoms with Crippen LogP contribution in [0.25, 0.3) is 11.1 Å². The van der Waals surface area contributed by atoms with Gasteiger partial charge in [0.2, 0.25) is 11.9 Å². The van der Waals surface area contributed by atoms with Crippen molar-refractivity contribution in [1.29, 1.82) is 0 Å². The Balaban J connectivity index is 1.54. The summed E-state index contributed by atoms with van der Waals surface area (Å²) in [5, 5.41) is 2.86. The molecular weight excluding hydrogens is 450 g/mol. The molecule has 5 rings (SSSR count). The zero-order valence-electron chi connectivity index (χ0n) is 17.3. The number of benzene rings is 3. The summed E-state index contributed by atoms with van der Waals surface area (Å²) in [6, 6.07) is 15.4. The molecule has 0 unspecified atom stereocenters. The van der Waals surface area contributed by atoms with E-state index in [9.17, 15) is 17.2 Å². The van der Waals surface area contributed by atoms with E-state index in [4.69, 9.17) is 4.42 Å². The lowest BCUT2D eigenvalue weighted by Gasteiger charge is -2.26. The van der Waals surface area contributed by atoms with E-state index in [0.29, 0.717) is 11.1 Å². The first kappa shape index (κ1) is 21.1. The Morgan fingerprint density at radius 2 is 1.79 bits per heavy atom. The van der Waals surface area contributed by atoms with Crippen molar-refractivity contribution < 1.29 is 21.6 Å². The van der Waals surface area contributed by atoms with Crippen LogP contribution in [-0.2, 0) is 16.6 Å². The largest absolute Gasteiger partial charge is 0.439 e. The van der Waals surface area contributed by atoms with Crippen molar-refractivity contribution in [3.05, 3.63) is 89.3 Å². The highest BCUT2D eigenvalue weighted by molar-refractivity contribution is 7.90. The van der Waals surface area contributed by atoms with Crippen LogP contribution in [0.4, 0.5) is 14.5 Å². The molecular formula is C23H18F2N4O3S. The number of nitrogens with one attached hydrogen (secondary N) is 2. The fourth-order valence-electron chi connectivity index (χ4n) is 3.86. The number of oxazole rings is 1. The highest BCUT2D eigenvalue weighted by Gasteiger charge is 2.32. The number of fused-ring (bicyclic) bond motifs is 2. The number of hydrogen-bond donors (Lipinski definition) is 2. The normalized spacial score (nSPS) is 16.8. The third-order valence-electron chi connectivity index (χ3n) is 5.43. The first-order valence-corrected chi connectivity index (χ1v) is 11.6. The van der Waals surface area contributed by atoms with Crippen LogP contribution in [0.3, 0.4) is 0 Å². The maximum absolute atomic E-state index is 15.0. The standard InChI is InChI=1S/C23H18F2N4O3S/c1-13(14-6-2-3-7-15(14)24)21-16(25)10-11-19-22(21)28-23(29-33(19,30)31)26-12-20-27-17-8-4-5-9-18(17)32-20/h2-11,13H,12H2,1H3,(H2,26,28,29)/t13-/m1/s1. The highest BCUT2D eigenvalue weighted by atomic mass is 32.2. The van der Waals surface area contributed by atoms with Gasteiger partial charge in [-0.3, -0.25) is 0 Å². The van der Waals surface area contributed by atoms with Crippen molar-refractivity contribution in [2.24, 2.45) is 4.99 Å². The molecule has 0 bridgehead atoms. The second-order valence-corrected chi connectivity index (χ2v) is 9.20. The van der Waals surface area contributed by atoms with Gasteiger partial charge in [0.05, 0.1) is 5.69 Å². The van der Waals surface area contributed by atoms with Crippen LogP contribution in [-0.4, -0.2) is 19.4 Å². The van der Waals surface area contributed by atoms with Crippen LogP contribution in [0.1, 0.15) is 29.9 Å². The predicted molar refractivity (Wildman–Crippen MR) is 119 cm³/mol. The maximum Gasteiger partial charge on any atom is 0.266 e. The van der Waals surface area contributed by atoms with Gasteiger partial charge in [0.1, 0.15) is 28.6 Å². The molecule has 1 atom stereocenters.